The van der Waals surface area contributed by atoms with E-state index in [4.69, 9.17) is 4.74 Å². The van der Waals surface area contributed by atoms with E-state index in [2.05, 4.69) is 32.9 Å². The SMILES string of the molecule is C=CCNC(=O)C(C)Oc1nn(-c2ccccc2)cc1Br. The molecule has 0 aliphatic heterocycles. The first-order valence-corrected chi connectivity index (χ1v) is 7.27. The summed E-state index contributed by atoms with van der Waals surface area (Å²) in [6.07, 6.45) is 2.77. The third-order valence-electron chi connectivity index (χ3n) is 2.74. The summed E-state index contributed by atoms with van der Waals surface area (Å²) in [7, 11) is 0. The van der Waals surface area contributed by atoms with Crippen molar-refractivity contribution in [3.63, 3.8) is 0 Å². The number of rotatable bonds is 6. The minimum absolute atomic E-state index is 0.212. The molecule has 0 bridgehead atoms. The maximum Gasteiger partial charge on any atom is 0.261 e. The lowest BCUT2D eigenvalue weighted by atomic mass is 10.3. The zero-order valence-corrected chi connectivity index (χ0v) is 13.2. The van der Waals surface area contributed by atoms with Gasteiger partial charge in [0.1, 0.15) is 0 Å². The number of aromatic nitrogens is 2. The van der Waals surface area contributed by atoms with E-state index >= 15 is 0 Å². The number of hydrogen-bond donors (Lipinski definition) is 1. The van der Waals surface area contributed by atoms with Gasteiger partial charge in [0.15, 0.2) is 6.10 Å². The second-order valence-electron chi connectivity index (χ2n) is 4.36. The first-order valence-electron chi connectivity index (χ1n) is 6.47. The van der Waals surface area contributed by atoms with Crippen LogP contribution in [0.1, 0.15) is 6.92 Å². The van der Waals surface area contributed by atoms with Crippen LogP contribution in [0.5, 0.6) is 5.88 Å². The number of nitrogens with one attached hydrogen (secondary N) is 1. The monoisotopic (exact) mass is 349 g/mol. The van der Waals surface area contributed by atoms with Crippen LogP contribution >= 0.6 is 15.9 Å². The van der Waals surface area contributed by atoms with Crippen molar-refractivity contribution in [2.45, 2.75) is 13.0 Å². The highest BCUT2D eigenvalue weighted by molar-refractivity contribution is 9.10. The van der Waals surface area contributed by atoms with Gasteiger partial charge in [-0.25, -0.2) is 4.68 Å². The third-order valence-corrected chi connectivity index (χ3v) is 3.28. The molecular weight excluding hydrogens is 334 g/mol. The summed E-state index contributed by atoms with van der Waals surface area (Å²) in [4.78, 5) is 11.8. The van der Waals surface area contributed by atoms with Gasteiger partial charge in [0, 0.05) is 12.7 Å². The fourth-order valence-electron chi connectivity index (χ4n) is 1.67. The Kier molecular flexibility index (Phi) is 5.16. The van der Waals surface area contributed by atoms with Gasteiger partial charge in [0.25, 0.3) is 5.91 Å². The third kappa shape index (κ3) is 3.95. The molecule has 0 saturated heterocycles. The van der Waals surface area contributed by atoms with E-state index in [0.29, 0.717) is 16.9 Å². The van der Waals surface area contributed by atoms with E-state index in [0.717, 1.165) is 5.69 Å². The molecule has 6 heteroatoms. The summed E-state index contributed by atoms with van der Waals surface area (Å²) >= 11 is 3.39. The highest BCUT2D eigenvalue weighted by atomic mass is 79.9. The molecule has 2 aromatic rings. The molecule has 0 aliphatic rings. The first kappa shape index (κ1) is 15.3. The lowest BCUT2D eigenvalue weighted by Crippen LogP contribution is -2.36. The first-order chi connectivity index (χ1) is 10.1. The Morgan fingerprint density at radius 1 is 1.52 bits per heavy atom. The van der Waals surface area contributed by atoms with Crippen LogP contribution in [0.2, 0.25) is 0 Å². The van der Waals surface area contributed by atoms with Gasteiger partial charge in [0.05, 0.1) is 10.2 Å². The van der Waals surface area contributed by atoms with E-state index in [1.807, 2.05) is 30.3 Å². The van der Waals surface area contributed by atoms with E-state index in [1.165, 1.54) is 0 Å². The highest BCUT2D eigenvalue weighted by Gasteiger charge is 2.17. The summed E-state index contributed by atoms with van der Waals surface area (Å²) in [5.41, 5.74) is 0.914. The molecule has 0 aliphatic carbocycles. The molecule has 2 rings (SSSR count). The largest absolute Gasteiger partial charge is 0.463 e. The average Bonchev–Trinajstić information content (AvgIpc) is 2.86. The van der Waals surface area contributed by atoms with Gasteiger partial charge in [-0.1, -0.05) is 24.3 Å². The van der Waals surface area contributed by atoms with Crippen molar-refractivity contribution >= 4 is 21.8 Å². The minimum Gasteiger partial charge on any atom is -0.463 e. The molecular formula is C15H16BrN3O2. The van der Waals surface area contributed by atoms with Gasteiger partial charge >= 0.3 is 0 Å². The number of ether oxygens (including phenoxy) is 1. The maximum atomic E-state index is 11.8. The molecule has 0 spiro atoms. The van der Waals surface area contributed by atoms with Gasteiger partial charge in [-0.15, -0.1) is 11.7 Å². The Morgan fingerprint density at radius 3 is 2.90 bits per heavy atom. The maximum absolute atomic E-state index is 11.8. The summed E-state index contributed by atoms with van der Waals surface area (Å²) in [5.74, 6) is 0.163. The molecule has 1 aromatic carbocycles. The fraction of sp³-hybridized carbons (Fsp3) is 0.200. The average molecular weight is 350 g/mol. The molecule has 110 valence electrons. The van der Waals surface area contributed by atoms with E-state index in [1.54, 1.807) is 23.9 Å². The van der Waals surface area contributed by atoms with Crippen LogP contribution in [0, 0.1) is 0 Å². The Morgan fingerprint density at radius 2 is 2.24 bits per heavy atom. The number of para-hydroxylation sites is 1. The molecule has 1 aromatic heterocycles. The number of nitrogens with zero attached hydrogens (tertiary/aromatic N) is 2. The summed E-state index contributed by atoms with van der Waals surface area (Å²) in [6.45, 7) is 5.63. The van der Waals surface area contributed by atoms with Crippen LogP contribution in [0.4, 0.5) is 0 Å². The Bertz CT molecular complexity index is 625. The van der Waals surface area contributed by atoms with Crippen molar-refractivity contribution in [3.8, 4) is 11.6 Å². The van der Waals surface area contributed by atoms with Gasteiger partial charge in [-0.2, -0.15) is 0 Å². The highest BCUT2D eigenvalue weighted by Crippen LogP contribution is 2.25. The topological polar surface area (TPSA) is 56.1 Å². The normalized spacial score (nSPS) is 11.7. The molecule has 1 heterocycles. The van der Waals surface area contributed by atoms with Gasteiger partial charge in [-0.05, 0) is 35.0 Å². The van der Waals surface area contributed by atoms with Crippen molar-refractivity contribution in [1.82, 2.24) is 15.1 Å². The Hall–Kier alpha value is -2.08. The number of benzene rings is 1. The molecule has 0 saturated carbocycles. The number of carbonyl (C=O) groups excluding carboxylic acids is 1. The predicted octanol–water partition coefficient (Wildman–Crippen LogP) is 2.70. The van der Waals surface area contributed by atoms with Crippen LogP contribution in [0.3, 0.4) is 0 Å². The predicted molar refractivity (Wildman–Crippen MR) is 84.6 cm³/mol. The van der Waals surface area contributed by atoms with Crippen LogP contribution in [-0.4, -0.2) is 28.3 Å². The van der Waals surface area contributed by atoms with Gasteiger partial charge < -0.3 is 10.1 Å². The molecule has 0 fully saturated rings. The van der Waals surface area contributed by atoms with Gasteiger partial charge in [-0.3, -0.25) is 4.79 Å². The van der Waals surface area contributed by atoms with E-state index in [9.17, 15) is 4.79 Å². The molecule has 5 nitrogen and oxygen atoms in total. The van der Waals surface area contributed by atoms with Gasteiger partial charge in [0.2, 0.25) is 5.88 Å². The quantitative estimate of drug-likeness (QED) is 0.815. The number of amides is 1. The smallest absolute Gasteiger partial charge is 0.261 e. The van der Waals surface area contributed by atoms with E-state index < -0.39 is 6.10 Å². The molecule has 21 heavy (non-hydrogen) atoms. The van der Waals surface area contributed by atoms with Crippen molar-refractivity contribution in [1.29, 1.82) is 0 Å². The minimum atomic E-state index is -0.639. The standard InChI is InChI=1S/C15H16BrN3O2/c1-3-9-17-14(20)11(2)21-15-13(16)10-19(18-15)12-7-5-4-6-8-12/h3-8,10-11H,1,9H2,2H3,(H,17,20). The van der Waals surface area contributed by atoms with Crippen LogP contribution < -0.4 is 10.1 Å². The second kappa shape index (κ2) is 7.08. The fourth-order valence-corrected chi connectivity index (χ4v) is 2.03. The van der Waals surface area contributed by atoms with Crippen LogP contribution in [0.25, 0.3) is 5.69 Å². The zero-order chi connectivity index (χ0) is 15.2. The lowest BCUT2D eigenvalue weighted by Gasteiger charge is -2.12. The molecule has 1 amide bonds. The number of hydrogen-bond acceptors (Lipinski definition) is 3. The lowest BCUT2D eigenvalue weighted by molar-refractivity contribution is -0.127. The molecule has 1 unspecified atom stereocenters. The van der Waals surface area contributed by atoms with Crippen molar-refractivity contribution in [2.75, 3.05) is 6.54 Å². The number of halogens is 1. The number of carbonyl (C=O) groups is 1. The molecule has 0 radical (unpaired) electrons. The second-order valence-corrected chi connectivity index (χ2v) is 5.21. The summed E-state index contributed by atoms with van der Waals surface area (Å²) < 4.78 is 7.96. The zero-order valence-electron chi connectivity index (χ0n) is 11.6. The van der Waals surface area contributed by atoms with E-state index in [-0.39, 0.29) is 5.91 Å². The summed E-state index contributed by atoms with van der Waals surface area (Å²) in [5, 5.41) is 7.01. The van der Waals surface area contributed by atoms with Crippen LogP contribution in [0.15, 0.2) is 53.7 Å². The molecule has 1 N–H and O–H groups in total. The van der Waals surface area contributed by atoms with Crippen molar-refractivity contribution in [2.24, 2.45) is 0 Å². The Balaban J connectivity index is 2.09. The van der Waals surface area contributed by atoms with Crippen LogP contribution in [-0.2, 0) is 4.79 Å². The summed E-state index contributed by atoms with van der Waals surface area (Å²) in [6, 6.07) is 9.66. The van der Waals surface area contributed by atoms with Crippen molar-refractivity contribution < 1.29 is 9.53 Å². The Labute approximate surface area is 131 Å². The molecule has 1 atom stereocenters. The van der Waals surface area contributed by atoms with Crippen molar-refractivity contribution in [3.05, 3.63) is 53.7 Å².